The van der Waals surface area contributed by atoms with E-state index in [1.807, 2.05) is 48.4 Å². The molecule has 4 heteroatoms. The third kappa shape index (κ3) is 2.61. The molecule has 1 aromatic carbocycles. The number of aromatic nitrogens is 1. The molecule has 108 valence electrons. The fourth-order valence-corrected chi connectivity index (χ4v) is 2.87. The van der Waals surface area contributed by atoms with Gasteiger partial charge in [0.25, 0.3) is 5.91 Å². The number of aryl methyl sites for hydroxylation is 1. The number of amides is 1. The number of Topliss-reactive ketones (excluding diaryl/α,β-unsaturated/α-hetero) is 1. The quantitative estimate of drug-likeness (QED) is 0.920. The van der Waals surface area contributed by atoms with Crippen molar-refractivity contribution in [3.8, 4) is 0 Å². The molecule has 3 rings (SSSR count). The average Bonchev–Trinajstić information content (AvgIpc) is 2.93. The van der Waals surface area contributed by atoms with Crippen molar-refractivity contribution in [2.75, 3.05) is 6.54 Å². The van der Waals surface area contributed by atoms with E-state index in [2.05, 4.69) is 4.98 Å². The van der Waals surface area contributed by atoms with Gasteiger partial charge >= 0.3 is 0 Å². The molecule has 1 fully saturated rings. The van der Waals surface area contributed by atoms with Crippen LogP contribution in [-0.2, 0) is 4.79 Å². The molecule has 1 aliphatic heterocycles. The first-order valence-electron chi connectivity index (χ1n) is 7.18. The number of carbonyl (C=O) groups excluding carboxylic acids is 2. The Kier molecular flexibility index (Phi) is 3.60. The van der Waals surface area contributed by atoms with Crippen molar-refractivity contribution in [1.82, 2.24) is 9.88 Å². The summed E-state index contributed by atoms with van der Waals surface area (Å²) in [6, 6.07) is 9.63. The molecular weight excluding hydrogens is 264 g/mol. The SMILES string of the molecule is Cc1c[nH]cc1C(=O)N1CCC(=O)CC1c1ccccc1. The number of ketones is 1. The third-order valence-corrected chi connectivity index (χ3v) is 4.06. The first kappa shape index (κ1) is 13.6. The molecule has 1 aliphatic rings. The molecule has 2 heterocycles. The number of aromatic amines is 1. The summed E-state index contributed by atoms with van der Waals surface area (Å²) in [5, 5.41) is 0. The van der Waals surface area contributed by atoms with Gasteiger partial charge < -0.3 is 9.88 Å². The highest BCUT2D eigenvalue weighted by atomic mass is 16.2. The summed E-state index contributed by atoms with van der Waals surface area (Å²) in [6.45, 7) is 2.40. The van der Waals surface area contributed by atoms with E-state index >= 15 is 0 Å². The minimum Gasteiger partial charge on any atom is -0.367 e. The van der Waals surface area contributed by atoms with Crippen molar-refractivity contribution in [1.29, 1.82) is 0 Å². The maximum atomic E-state index is 12.8. The molecule has 0 saturated carbocycles. The van der Waals surface area contributed by atoms with Crippen molar-refractivity contribution in [2.45, 2.75) is 25.8 Å². The van der Waals surface area contributed by atoms with Gasteiger partial charge in [-0.3, -0.25) is 9.59 Å². The zero-order valence-corrected chi connectivity index (χ0v) is 12.0. The summed E-state index contributed by atoms with van der Waals surface area (Å²) in [4.78, 5) is 29.4. The van der Waals surface area contributed by atoms with Crippen molar-refractivity contribution >= 4 is 11.7 Å². The Morgan fingerprint density at radius 3 is 2.67 bits per heavy atom. The summed E-state index contributed by atoms with van der Waals surface area (Å²) in [6.07, 6.45) is 4.40. The summed E-state index contributed by atoms with van der Waals surface area (Å²) in [5.74, 6) is 0.216. The molecule has 0 aliphatic carbocycles. The van der Waals surface area contributed by atoms with Gasteiger partial charge in [-0.2, -0.15) is 0 Å². The van der Waals surface area contributed by atoms with Crippen LogP contribution in [0.3, 0.4) is 0 Å². The molecule has 2 aromatic rings. The molecule has 1 atom stereocenters. The molecule has 1 N–H and O–H groups in total. The van der Waals surface area contributed by atoms with Gasteiger partial charge in [-0.05, 0) is 18.1 Å². The molecule has 4 nitrogen and oxygen atoms in total. The molecule has 1 saturated heterocycles. The predicted molar refractivity (Wildman–Crippen MR) is 80.0 cm³/mol. The number of nitrogens with one attached hydrogen (secondary N) is 1. The number of hydrogen-bond donors (Lipinski definition) is 1. The fourth-order valence-electron chi connectivity index (χ4n) is 2.87. The van der Waals surface area contributed by atoms with Gasteiger partial charge in [0.2, 0.25) is 0 Å². The first-order chi connectivity index (χ1) is 10.2. The van der Waals surface area contributed by atoms with Crippen molar-refractivity contribution in [3.63, 3.8) is 0 Å². The van der Waals surface area contributed by atoms with E-state index in [1.165, 1.54) is 0 Å². The van der Waals surface area contributed by atoms with Crippen LogP contribution in [-0.4, -0.2) is 28.1 Å². The van der Waals surface area contributed by atoms with Crippen molar-refractivity contribution < 1.29 is 9.59 Å². The average molecular weight is 282 g/mol. The number of likely N-dealkylation sites (tertiary alicyclic amines) is 1. The fraction of sp³-hybridized carbons (Fsp3) is 0.294. The van der Waals surface area contributed by atoms with Crippen LogP contribution in [0, 0.1) is 6.92 Å². The lowest BCUT2D eigenvalue weighted by atomic mass is 9.93. The van der Waals surface area contributed by atoms with Crippen molar-refractivity contribution in [2.24, 2.45) is 0 Å². The van der Waals surface area contributed by atoms with Gasteiger partial charge in [0, 0.05) is 31.8 Å². The number of piperidine rings is 1. The summed E-state index contributed by atoms with van der Waals surface area (Å²) < 4.78 is 0. The monoisotopic (exact) mass is 282 g/mol. The van der Waals surface area contributed by atoms with E-state index < -0.39 is 0 Å². The summed E-state index contributed by atoms with van der Waals surface area (Å²) in [7, 11) is 0. The highest BCUT2D eigenvalue weighted by molar-refractivity contribution is 5.97. The Morgan fingerprint density at radius 1 is 1.24 bits per heavy atom. The van der Waals surface area contributed by atoms with Crippen LogP contribution in [0.25, 0.3) is 0 Å². The zero-order valence-electron chi connectivity index (χ0n) is 12.0. The van der Waals surface area contributed by atoms with Crippen LogP contribution < -0.4 is 0 Å². The van der Waals surface area contributed by atoms with Gasteiger partial charge in [-0.1, -0.05) is 30.3 Å². The lowest BCUT2D eigenvalue weighted by Gasteiger charge is -2.35. The first-order valence-corrected chi connectivity index (χ1v) is 7.18. The second kappa shape index (κ2) is 5.56. The Morgan fingerprint density at radius 2 is 2.00 bits per heavy atom. The second-order valence-corrected chi connectivity index (χ2v) is 5.47. The minimum absolute atomic E-state index is 0.00453. The van der Waals surface area contributed by atoms with Gasteiger partial charge in [0.15, 0.2) is 0 Å². The van der Waals surface area contributed by atoms with E-state index in [4.69, 9.17) is 0 Å². The number of benzene rings is 1. The number of hydrogen-bond acceptors (Lipinski definition) is 2. The minimum atomic E-state index is -0.158. The highest BCUT2D eigenvalue weighted by Gasteiger charge is 2.32. The molecule has 1 amide bonds. The van der Waals surface area contributed by atoms with E-state index in [0.717, 1.165) is 11.1 Å². The number of nitrogens with zero attached hydrogens (tertiary/aromatic N) is 1. The lowest BCUT2D eigenvalue weighted by molar-refractivity contribution is -0.122. The molecule has 21 heavy (non-hydrogen) atoms. The predicted octanol–water partition coefficient (Wildman–Crippen LogP) is 2.87. The van der Waals surface area contributed by atoms with E-state index in [-0.39, 0.29) is 17.7 Å². The molecule has 1 aromatic heterocycles. The lowest BCUT2D eigenvalue weighted by Crippen LogP contribution is -2.41. The van der Waals surface area contributed by atoms with Crippen molar-refractivity contribution in [3.05, 3.63) is 59.4 Å². The maximum Gasteiger partial charge on any atom is 0.256 e. The maximum absolute atomic E-state index is 12.8. The molecule has 0 bridgehead atoms. The Bertz CT molecular complexity index is 660. The second-order valence-electron chi connectivity index (χ2n) is 5.47. The van der Waals surface area contributed by atoms with Gasteiger partial charge in [0.1, 0.15) is 5.78 Å². The van der Waals surface area contributed by atoms with Crippen LogP contribution in [0.4, 0.5) is 0 Å². The zero-order chi connectivity index (χ0) is 14.8. The normalized spacial score (nSPS) is 18.8. The molecular formula is C17H18N2O2. The van der Waals surface area contributed by atoms with E-state index in [1.54, 1.807) is 6.20 Å². The Balaban J connectivity index is 1.93. The smallest absolute Gasteiger partial charge is 0.256 e. The van der Waals surface area contributed by atoms with E-state index in [9.17, 15) is 9.59 Å². The number of carbonyl (C=O) groups is 2. The molecule has 0 spiro atoms. The Hall–Kier alpha value is -2.36. The van der Waals surface area contributed by atoms with Crippen LogP contribution in [0.15, 0.2) is 42.7 Å². The van der Waals surface area contributed by atoms with Crippen LogP contribution in [0.1, 0.15) is 40.4 Å². The van der Waals surface area contributed by atoms with Crippen LogP contribution in [0.5, 0.6) is 0 Å². The van der Waals surface area contributed by atoms with Gasteiger partial charge in [0.05, 0.1) is 11.6 Å². The highest BCUT2D eigenvalue weighted by Crippen LogP contribution is 2.30. The largest absolute Gasteiger partial charge is 0.367 e. The standard InChI is InChI=1S/C17H18N2O2/c1-12-10-18-11-15(12)17(21)19-8-7-14(20)9-16(19)13-5-3-2-4-6-13/h2-6,10-11,16,18H,7-9H2,1H3. The topological polar surface area (TPSA) is 53.2 Å². The molecule has 0 radical (unpaired) electrons. The van der Waals surface area contributed by atoms with Crippen LogP contribution in [0.2, 0.25) is 0 Å². The van der Waals surface area contributed by atoms with E-state index in [0.29, 0.717) is 24.9 Å². The molecule has 1 unspecified atom stereocenters. The van der Waals surface area contributed by atoms with Crippen LogP contribution >= 0.6 is 0 Å². The summed E-state index contributed by atoms with van der Waals surface area (Å²) >= 11 is 0. The Labute approximate surface area is 123 Å². The number of rotatable bonds is 2. The van der Waals surface area contributed by atoms with Gasteiger partial charge in [-0.15, -0.1) is 0 Å². The summed E-state index contributed by atoms with van der Waals surface area (Å²) in [5.41, 5.74) is 2.64. The number of H-pyrrole nitrogens is 1. The third-order valence-electron chi connectivity index (χ3n) is 4.06. The van der Waals surface area contributed by atoms with Gasteiger partial charge in [-0.25, -0.2) is 0 Å².